The van der Waals surface area contributed by atoms with Crippen molar-refractivity contribution < 1.29 is 4.39 Å². The Balaban J connectivity index is 2.68. The van der Waals surface area contributed by atoms with Crippen LogP contribution in [-0.4, -0.2) is 4.98 Å². The van der Waals surface area contributed by atoms with Gasteiger partial charge in [-0.2, -0.15) is 0 Å². The highest BCUT2D eigenvalue weighted by atomic mass is 35.5. The summed E-state index contributed by atoms with van der Waals surface area (Å²) in [5, 5.41) is 0.701. The molecule has 0 bridgehead atoms. The van der Waals surface area contributed by atoms with Crippen molar-refractivity contribution >= 4 is 28.2 Å². The van der Waals surface area contributed by atoms with Gasteiger partial charge in [0.1, 0.15) is 5.52 Å². The lowest BCUT2D eigenvalue weighted by Crippen LogP contribution is -2.09. The third kappa shape index (κ3) is 2.40. The molecule has 0 radical (unpaired) electrons. The fourth-order valence-electron chi connectivity index (χ4n) is 1.93. The molecule has 0 amide bonds. The van der Waals surface area contributed by atoms with Gasteiger partial charge in [0.25, 0.3) is 0 Å². The van der Waals surface area contributed by atoms with Gasteiger partial charge in [-0.1, -0.05) is 25.4 Å². The van der Waals surface area contributed by atoms with E-state index in [2.05, 4.69) is 24.3 Å². The summed E-state index contributed by atoms with van der Waals surface area (Å²) in [4.78, 5) is 4.33. The predicted octanol–water partition coefficient (Wildman–Crippen LogP) is 3.51. The van der Waals surface area contributed by atoms with Gasteiger partial charge in [0, 0.05) is 11.1 Å². The highest BCUT2D eigenvalue weighted by Crippen LogP contribution is 2.29. The summed E-state index contributed by atoms with van der Waals surface area (Å²) >= 11 is 5.77. The fraction of sp³-hybridized carbons (Fsp3) is 0.308. The minimum atomic E-state index is -0.503. The Bertz CT molecular complexity index is 584. The lowest BCUT2D eigenvalue weighted by Gasteiger charge is -2.11. The summed E-state index contributed by atoms with van der Waals surface area (Å²) in [6.45, 7) is 4.16. The highest BCUT2D eigenvalue weighted by Gasteiger charge is 2.12. The first-order valence-electron chi connectivity index (χ1n) is 5.77. The standard InChI is InChI=1S/C13H15ClFN3/c1-7(2)5-8-6-11(18-16)9-3-4-10(14)12(15)13(9)17-8/h3-4,6-7H,5,16H2,1-2H3,(H,17,18). The first-order chi connectivity index (χ1) is 8.52. The molecule has 0 saturated heterocycles. The van der Waals surface area contributed by atoms with Crippen molar-refractivity contribution in [3.05, 3.63) is 34.7 Å². The van der Waals surface area contributed by atoms with Crippen molar-refractivity contribution in [3.8, 4) is 0 Å². The number of benzene rings is 1. The van der Waals surface area contributed by atoms with Gasteiger partial charge in [-0.25, -0.2) is 9.37 Å². The van der Waals surface area contributed by atoms with Gasteiger partial charge < -0.3 is 5.43 Å². The molecule has 0 unspecified atom stereocenters. The van der Waals surface area contributed by atoms with Gasteiger partial charge in [-0.15, -0.1) is 0 Å². The number of nitrogens with two attached hydrogens (primary N) is 1. The molecule has 5 heteroatoms. The van der Waals surface area contributed by atoms with Crippen molar-refractivity contribution in [1.82, 2.24) is 4.98 Å². The van der Waals surface area contributed by atoms with Gasteiger partial charge in [-0.3, -0.25) is 5.84 Å². The van der Waals surface area contributed by atoms with E-state index in [9.17, 15) is 4.39 Å². The van der Waals surface area contributed by atoms with Crippen LogP contribution in [0.15, 0.2) is 18.2 Å². The Morgan fingerprint density at radius 3 is 2.78 bits per heavy atom. The molecule has 2 rings (SSSR count). The average molecular weight is 268 g/mol. The van der Waals surface area contributed by atoms with Crippen LogP contribution in [0.1, 0.15) is 19.5 Å². The van der Waals surface area contributed by atoms with E-state index in [-0.39, 0.29) is 10.5 Å². The van der Waals surface area contributed by atoms with Crippen LogP contribution >= 0.6 is 11.6 Å². The van der Waals surface area contributed by atoms with Crippen LogP contribution < -0.4 is 11.3 Å². The Morgan fingerprint density at radius 1 is 1.44 bits per heavy atom. The van der Waals surface area contributed by atoms with Gasteiger partial charge in [0.2, 0.25) is 0 Å². The molecule has 3 N–H and O–H groups in total. The summed E-state index contributed by atoms with van der Waals surface area (Å²) in [6, 6.07) is 5.06. The van der Waals surface area contributed by atoms with E-state index < -0.39 is 5.82 Å². The van der Waals surface area contributed by atoms with Gasteiger partial charge >= 0.3 is 0 Å². The number of rotatable bonds is 3. The van der Waals surface area contributed by atoms with Gasteiger partial charge in [0.05, 0.1) is 10.7 Å². The number of anilines is 1. The fourth-order valence-corrected chi connectivity index (χ4v) is 2.08. The number of nitrogens with one attached hydrogen (secondary N) is 1. The lowest BCUT2D eigenvalue weighted by molar-refractivity contribution is 0.626. The van der Waals surface area contributed by atoms with Gasteiger partial charge in [0.15, 0.2) is 5.82 Å². The molecule has 1 heterocycles. The second kappa shape index (κ2) is 5.08. The number of hydrogen-bond acceptors (Lipinski definition) is 3. The molecule has 2 aromatic rings. The molecular weight excluding hydrogens is 253 g/mol. The van der Waals surface area contributed by atoms with E-state index in [4.69, 9.17) is 17.4 Å². The van der Waals surface area contributed by atoms with Crippen LogP contribution in [0.25, 0.3) is 10.9 Å². The molecule has 0 aliphatic rings. The summed E-state index contributed by atoms with van der Waals surface area (Å²) < 4.78 is 14.0. The Labute approximate surface area is 110 Å². The average Bonchev–Trinajstić information content (AvgIpc) is 2.32. The van der Waals surface area contributed by atoms with E-state index in [1.807, 2.05) is 6.07 Å². The summed E-state index contributed by atoms with van der Waals surface area (Å²) in [6.07, 6.45) is 0.760. The SMILES string of the molecule is CC(C)Cc1cc(NN)c2ccc(Cl)c(F)c2n1. The molecule has 96 valence electrons. The summed E-state index contributed by atoms with van der Waals surface area (Å²) in [7, 11) is 0. The maximum Gasteiger partial charge on any atom is 0.168 e. The zero-order valence-electron chi connectivity index (χ0n) is 10.3. The van der Waals surface area contributed by atoms with E-state index >= 15 is 0 Å². The minimum absolute atomic E-state index is 0.0691. The second-order valence-electron chi connectivity index (χ2n) is 4.66. The maximum atomic E-state index is 14.0. The molecule has 18 heavy (non-hydrogen) atoms. The van der Waals surface area contributed by atoms with Crippen molar-refractivity contribution in [3.63, 3.8) is 0 Å². The van der Waals surface area contributed by atoms with Crippen molar-refractivity contribution in [2.45, 2.75) is 20.3 Å². The maximum absolute atomic E-state index is 14.0. The first kappa shape index (κ1) is 13.1. The number of pyridine rings is 1. The van der Waals surface area contributed by atoms with Crippen LogP contribution in [-0.2, 0) is 6.42 Å². The molecule has 1 aromatic heterocycles. The van der Waals surface area contributed by atoms with Crippen molar-refractivity contribution in [2.24, 2.45) is 11.8 Å². The third-order valence-corrected chi connectivity index (χ3v) is 2.99. The van der Waals surface area contributed by atoms with E-state index in [0.29, 0.717) is 17.0 Å². The summed E-state index contributed by atoms with van der Waals surface area (Å²) in [5.74, 6) is 5.40. The number of hydrazine groups is 1. The first-order valence-corrected chi connectivity index (χ1v) is 6.15. The molecule has 0 saturated carbocycles. The number of nitrogens with zero attached hydrogens (tertiary/aromatic N) is 1. The van der Waals surface area contributed by atoms with Crippen LogP contribution in [0, 0.1) is 11.7 Å². The Kier molecular flexibility index (Phi) is 3.68. The largest absolute Gasteiger partial charge is 0.323 e. The third-order valence-electron chi connectivity index (χ3n) is 2.70. The van der Waals surface area contributed by atoms with Crippen molar-refractivity contribution in [1.29, 1.82) is 0 Å². The van der Waals surface area contributed by atoms with Crippen LogP contribution in [0.3, 0.4) is 0 Å². The monoisotopic (exact) mass is 267 g/mol. The number of halogens is 2. The molecule has 1 aromatic carbocycles. The van der Waals surface area contributed by atoms with E-state index in [1.54, 1.807) is 6.07 Å². The number of nitrogen functional groups attached to an aromatic ring is 1. The molecule has 0 spiro atoms. The topological polar surface area (TPSA) is 50.9 Å². The molecule has 0 atom stereocenters. The highest BCUT2D eigenvalue weighted by molar-refractivity contribution is 6.31. The second-order valence-corrected chi connectivity index (χ2v) is 5.07. The summed E-state index contributed by atoms with van der Waals surface area (Å²) in [5.41, 5.74) is 4.29. The zero-order chi connectivity index (χ0) is 13.3. The molecular formula is C13H15ClFN3. The normalized spacial score (nSPS) is 11.2. The van der Waals surface area contributed by atoms with Gasteiger partial charge in [-0.05, 0) is 30.5 Å². The van der Waals surface area contributed by atoms with Crippen LogP contribution in [0.5, 0.6) is 0 Å². The number of fused-ring (bicyclic) bond motifs is 1. The van der Waals surface area contributed by atoms with E-state index in [1.165, 1.54) is 6.07 Å². The molecule has 0 fully saturated rings. The molecule has 3 nitrogen and oxygen atoms in total. The quantitative estimate of drug-likeness (QED) is 0.661. The number of hydrogen-bond donors (Lipinski definition) is 2. The Morgan fingerprint density at radius 2 is 2.17 bits per heavy atom. The minimum Gasteiger partial charge on any atom is -0.323 e. The van der Waals surface area contributed by atoms with Crippen LogP contribution in [0.4, 0.5) is 10.1 Å². The zero-order valence-corrected chi connectivity index (χ0v) is 11.1. The lowest BCUT2D eigenvalue weighted by atomic mass is 10.1. The Hall–Kier alpha value is -1.39. The number of aromatic nitrogens is 1. The van der Waals surface area contributed by atoms with E-state index in [0.717, 1.165) is 12.1 Å². The van der Waals surface area contributed by atoms with Crippen LogP contribution in [0.2, 0.25) is 5.02 Å². The molecule has 0 aliphatic carbocycles. The molecule has 0 aliphatic heterocycles. The predicted molar refractivity (Wildman–Crippen MR) is 73.1 cm³/mol. The van der Waals surface area contributed by atoms with Crippen molar-refractivity contribution in [2.75, 3.05) is 5.43 Å². The smallest absolute Gasteiger partial charge is 0.168 e.